The van der Waals surface area contributed by atoms with Crippen LogP contribution in [0.15, 0.2) is 48.5 Å². The number of amides is 4. The molecule has 0 saturated heterocycles. The van der Waals surface area contributed by atoms with E-state index in [1.165, 1.54) is 48.5 Å². The third kappa shape index (κ3) is 10.8. The first-order valence-electron chi connectivity index (χ1n) is 12.2. The van der Waals surface area contributed by atoms with Gasteiger partial charge in [0.25, 0.3) is 0 Å². The van der Waals surface area contributed by atoms with Crippen LogP contribution in [0.5, 0.6) is 11.5 Å². The van der Waals surface area contributed by atoms with Crippen molar-refractivity contribution in [1.29, 1.82) is 0 Å². The summed E-state index contributed by atoms with van der Waals surface area (Å²) >= 11 is 0. The van der Waals surface area contributed by atoms with E-state index < -0.39 is 72.6 Å². The Morgan fingerprint density at radius 2 is 1.02 bits per heavy atom. The van der Waals surface area contributed by atoms with E-state index in [1.807, 2.05) is 0 Å². The van der Waals surface area contributed by atoms with Crippen molar-refractivity contribution in [3.05, 3.63) is 59.7 Å². The Labute approximate surface area is 233 Å². The number of nitrogens with one attached hydrogen (secondary N) is 3. The molecule has 220 valence electrons. The average molecular weight is 574 g/mol. The van der Waals surface area contributed by atoms with E-state index in [0.717, 1.165) is 0 Å². The molecule has 2 aromatic rings. The van der Waals surface area contributed by atoms with Crippen molar-refractivity contribution in [2.24, 2.45) is 11.5 Å². The minimum absolute atomic E-state index is 0.0585. The second-order valence-corrected chi connectivity index (χ2v) is 9.14. The third-order valence-electron chi connectivity index (χ3n) is 5.77. The maximum atomic E-state index is 13.4. The van der Waals surface area contributed by atoms with E-state index >= 15 is 0 Å². The van der Waals surface area contributed by atoms with Crippen LogP contribution in [-0.4, -0.2) is 80.2 Å². The van der Waals surface area contributed by atoms with Crippen molar-refractivity contribution < 1.29 is 49.2 Å². The minimum atomic E-state index is -1.69. The zero-order chi connectivity index (χ0) is 30.7. The highest BCUT2D eigenvalue weighted by molar-refractivity contribution is 5.95. The summed E-state index contributed by atoms with van der Waals surface area (Å²) in [5, 5.41) is 44.4. The summed E-state index contributed by atoms with van der Waals surface area (Å²) in [6.45, 7) is 0. The van der Waals surface area contributed by atoms with Crippen molar-refractivity contribution in [1.82, 2.24) is 16.0 Å². The molecule has 4 atom stereocenters. The summed E-state index contributed by atoms with van der Waals surface area (Å²) in [6.07, 6.45) is -1.80. The van der Waals surface area contributed by atoms with Crippen molar-refractivity contribution >= 4 is 35.6 Å². The van der Waals surface area contributed by atoms with Crippen molar-refractivity contribution in [3.8, 4) is 11.5 Å². The first-order valence-corrected chi connectivity index (χ1v) is 12.2. The van der Waals surface area contributed by atoms with Gasteiger partial charge in [-0.05, 0) is 35.4 Å². The Morgan fingerprint density at radius 3 is 1.39 bits per heavy atom. The number of carbonyl (C=O) groups excluding carboxylic acids is 4. The highest BCUT2D eigenvalue weighted by Gasteiger charge is 2.31. The summed E-state index contributed by atoms with van der Waals surface area (Å²) in [5.74, 6) is -6.87. The van der Waals surface area contributed by atoms with Gasteiger partial charge in [0.1, 0.15) is 29.6 Å². The number of phenols is 2. The monoisotopic (exact) mass is 573 g/mol. The molecular weight excluding hydrogens is 542 g/mol. The SMILES string of the molecule is NC(=O)CC(NC(=O)C(Cc1ccc(O)cc1)NC(=O)C(Cc1ccc(O)cc1)NC(=O)C(N)CC(=O)O)C(=O)O. The molecule has 15 heteroatoms. The van der Waals surface area contributed by atoms with Gasteiger partial charge in [0, 0.05) is 12.8 Å². The van der Waals surface area contributed by atoms with Gasteiger partial charge in [0.15, 0.2) is 0 Å². The number of carboxylic acid groups (broad SMARTS) is 2. The summed E-state index contributed by atoms with van der Waals surface area (Å²) in [5.41, 5.74) is 11.6. The maximum absolute atomic E-state index is 13.4. The van der Waals surface area contributed by atoms with Gasteiger partial charge < -0.3 is 47.8 Å². The molecule has 0 spiro atoms. The number of rotatable bonds is 15. The smallest absolute Gasteiger partial charge is 0.326 e. The number of hydrogen-bond donors (Lipinski definition) is 9. The molecule has 0 saturated carbocycles. The summed E-state index contributed by atoms with van der Waals surface area (Å²) in [7, 11) is 0. The van der Waals surface area contributed by atoms with Gasteiger partial charge in [0.05, 0.1) is 18.9 Å². The summed E-state index contributed by atoms with van der Waals surface area (Å²) in [4.78, 5) is 72.9. The molecule has 2 aromatic carbocycles. The molecule has 0 aliphatic carbocycles. The van der Waals surface area contributed by atoms with Gasteiger partial charge in [-0.2, -0.15) is 0 Å². The fourth-order valence-electron chi connectivity index (χ4n) is 3.66. The third-order valence-corrected chi connectivity index (χ3v) is 5.77. The molecule has 15 nitrogen and oxygen atoms in total. The van der Waals surface area contributed by atoms with Crippen LogP contribution in [0.4, 0.5) is 0 Å². The van der Waals surface area contributed by atoms with Crippen LogP contribution in [0, 0.1) is 0 Å². The standard InChI is InChI=1S/C26H31N5O10/c27-17(11-22(35)36)23(37)29-18(9-13-1-5-15(32)6-2-13)24(38)30-19(10-14-3-7-16(33)8-4-14)25(39)31-20(26(40)41)12-21(28)34/h1-8,17-20,32-33H,9-12,27H2,(H2,28,34)(H,29,37)(H,30,38)(H,31,39)(H,35,36)(H,40,41). The first kappa shape index (κ1) is 32.0. The molecule has 0 aromatic heterocycles. The highest BCUT2D eigenvalue weighted by Crippen LogP contribution is 2.14. The molecule has 4 unspecified atom stereocenters. The Bertz CT molecular complexity index is 1270. The Balaban J connectivity index is 2.35. The molecule has 0 aliphatic rings. The van der Waals surface area contributed by atoms with E-state index in [-0.39, 0.29) is 24.3 Å². The lowest BCUT2D eigenvalue weighted by atomic mass is 10.0. The van der Waals surface area contributed by atoms with Crippen LogP contribution in [0.1, 0.15) is 24.0 Å². The topological polar surface area (TPSA) is 271 Å². The summed E-state index contributed by atoms with van der Waals surface area (Å²) < 4.78 is 0. The number of hydrogen-bond acceptors (Lipinski definition) is 9. The molecule has 41 heavy (non-hydrogen) atoms. The lowest BCUT2D eigenvalue weighted by molar-refractivity contribution is -0.143. The van der Waals surface area contributed by atoms with E-state index in [1.54, 1.807) is 0 Å². The second-order valence-electron chi connectivity index (χ2n) is 9.14. The van der Waals surface area contributed by atoms with Crippen molar-refractivity contribution in [2.45, 2.75) is 49.9 Å². The molecule has 0 radical (unpaired) electrons. The Kier molecular flexibility index (Phi) is 11.6. The number of carboxylic acids is 2. The molecule has 0 aliphatic heterocycles. The number of carbonyl (C=O) groups is 6. The highest BCUT2D eigenvalue weighted by atomic mass is 16.4. The summed E-state index contributed by atoms with van der Waals surface area (Å²) in [6, 6.07) is 5.19. The first-order chi connectivity index (χ1) is 19.2. The van der Waals surface area contributed by atoms with Crippen LogP contribution in [-0.2, 0) is 41.6 Å². The zero-order valence-corrected chi connectivity index (χ0v) is 21.6. The Morgan fingerprint density at radius 1 is 0.634 bits per heavy atom. The van der Waals surface area contributed by atoms with Crippen LogP contribution in [0.25, 0.3) is 0 Å². The maximum Gasteiger partial charge on any atom is 0.326 e. The number of phenolic OH excluding ortho intramolecular Hbond substituents is 2. The molecule has 4 amide bonds. The average Bonchev–Trinajstić information content (AvgIpc) is 2.89. The number of aromatic hydroxyl groups is 2. The largest absolute Gasteiger partial charge is 0.508 e. The zero-order valence-electron chi connectivity index (χ0n) is 21.6. The Hall–Kier alpha value is -5.18. The molecular formula is C26H31N5O10. The van der Waals surface area contributed by atoms with Crippen molar-refractivity contribution in [3.63, 3.8) is 0 Å². The predicted molar refractivity (Wildman–Crippen MR) is 141 cm³/mol. The van der Waals surface area contributed by atoms with E-state index in [0.29, 0.717) is 11.1 Å². The number of primary amides is 1. The van der Waals surface area contributed by atoms with E-state index in [4.69, 9.17) is 16.6 Å². The molecule has 11 N–H and O–H groups in total. The van der Waals surface area contributed by atoms with Crippen molar-refractivity contribution in [2.75, 3.05) is 0 Å². The lowest BCUT2D eigenvalue weighted by Gasteiger charge is -2.25. The van der Waals surface area contributed by atoms with Gasteiger partial charge in [-0.1, -0.05) is 24.3 Å². The molecule has 0 fully saturated rings. The predicted octanol–water partition coefficient (Wildman–Crippen LogP) is -1.90. The fourth-order valence-corrected chi connectivity index (χ4v) is 3.66. The van der Waals surface area contributed by atoms with Gasteiger partial charge in [0.2, 0.25) is 23.6 Å². The fraction of sp³-hybridized carbons (Fsp3) is 0.308. The van der Waals surface area contributed by atoms with Crippen LogP contribution in [0.2, 0.25) is 0 Å². The van der Waals surface area contributed by atoms with E-state index in [9.17, 15) is 44.1 Å². The normalized spacial score (nSPS) is 13.6. The molecule has 2 rings (SSSR count). The quantitative estimate of drug-likeness (QED) is 0.113. The second kappa shape index (κ2) is 14.8. The van der Waals surface area contributed by atoms with Crippen LogP contribution in [0.3, 0.4) is 0 Å². The number of benzene rings is 2. The van der Waals surface area contributed by atoms with E-state index in [2.05, 4.69) is 16.0 Å². The van der Waals surface area contributed by atoms with Crippen LogP contribution < -0.4 is 27.4 Å². The molecule has 0 bridgehead atoms. The van der Waals surface area contributed by atoms with Gasteiger partial charge in [-0.3, -0.25) is 24.0 Å². The lowest BCUT2D eigenvalue weighted by Crippen LogP contribution is -2.58. The number of nitrogens with two attached hydrogens (primary N) is 2. The van der Waals surface area contributed by atoms with Gasteiger partial charge in [-0.15, -0.1) is 0 Å². The van der Waals surface area contributed by atoms with Crippen LogP contribution >= 0.6 is 0 Å². The van der Waals surface area contributed by atoms with Gasteiger partial charge >= 0.3 is 11.9 Å². The number of aliphatic carboxylic acids is 2. The van der Waals surface area contributed by atoms with Gasteiger partial charge in [-0.25, -0.2) is 4.79 Å². The molecule has 0 heterocycles. The minimum Gasteiger partial charge on any atom is -0.508 e.